The third-order valence-electron chi connectivity index (χ3n) is 4.66. The zero-order valence-corrected chi connectivity index (χ0v) is 12.6. The SMILES string of the molecule is CNC1CCC(N(C)C(=O)c2ccc3cn[nH]c3c2)CC1. The fraction of sp³-hybridized carbons (Fsp3) is 0.500. The molecular weight excluding hydrogens is 264 g/mol. The van der Waals surface area contributed by atoms with Crippen molar-refractivity contribution >= 4 is 16.8 Å². The molecule has 0 saturated heterocycles. The average molecular weight is 286 g/mol. The highest BCUT2D eigenvalue weighted by Gasteiger charge is 2.26. The molecule has 1 aromatic heterocycles. The van der Waals surface area contributed by atoms with E-state index in [1.54, 1.807) is 6.20 Å². The topological polar surface area (TPSA) is 61.0 Å². The molecule has 1 aromatic carbocycles. The van der Waals surface area contributed by atoms with Gasteiger partial charge in [0.15, 0.2) is 0 Å². The van der Waals surface area contributed by atoms with E-state index in [-0.39, 0.29) is 5.91 Å². The zero-order valence-electron chi connectivity index (χ0n) is 12.6. The number of amides is 1. The van der Waals surface area contributed by atoms with Crippen LogP contribution in [-0.2, 0) is 0 Å². The van der Waals surface area contributed by atoms with Crippen molar-refractivity contribution in [1.82, 2.24) is 20.4 Å². The lowest BCUT2D eigenvalue weighted by Crippen LogP contribution is -2.42. The van der Waals surface area contributed by atoms with Crippen LogP contribution in [0.15, 0.2) is 24.4 Å². The van der Waals surface area contributed by atoms with Gasteiger partial charge in [-0.1, -0.05) is 6.07 Å². The van der Waals surface area contributed by atoms with E-state index in [1.165, 1.54) is 0 Å². The summed E-state index contributed by atoms with van der Waals surface area (Å²) in [6.07, 6.45) is 6.18. The summed E-state index contributed by atoms with van der Waals surface area (Å²) in [4.78, 5) is 14.5. The van der Waals surface area contributed by atoms with E-state index < -0.39 is 0 Å². The van der Waals surface area contributed by atoms with Gasteiger partial charge in [0.25, 0.3) is 5.91 Å². The molecule has 112 valence electrons. The fourth-order valence-electron chi connectivity index (χ4n) is 3.19. The Bertz CT molecular complexity index is 628. The lowest BCUT2D eigenvalue weighted by Gasteiger charge is -2.34. The molecule has 0 atom stereocenters. The minimum absolute atomic E-state index is 0.0967. The van der Waals surface area contributed by atoms with Gasteiger partial charge in [-0.05, 0) is 44.9 Å². The first-order valence-corrected chi connectivity index (χ1v) is 7.56. The Balaban J connectivity index is 1.72. The smallest absolute Gasteiger partial charge is 0.253 e. The number of carbonyl (C=O) groups is 1. The minimum Gasteiger partial charge on any atom is -0.339 e. The van der Waals surface area contributed by atoms with Crippen LogP contribution in [0, 0.1) is 0 Å². The lowest BCUT2D eigenvalue weighted by atomic mass is 9.90. The molecular formula is C16H22N4O. The third-order valence-corrected chi connectivity index (χ3v) is 4.66. The van der Waals surface area contributed by atoms with Gasteiger partial charge in [-0.3, -0.25) is 9.89 Å². The Morgan fingerprint density at radius 3 is 2.81 bits per heavy atom. The Morgan fingerprint density at radius 1 is 1.33 bits per heavy atom. The van der Waals surface area contributed by atoms with Crippen LogP contribution in [0.5, 0.6) is 0 Å². The number of hydrogen-bond donors (Lipinski definition) is 2. The number of carbonyl (C=O) groups excluding carboxylic acids is 1. The molecule has 2 aromatic rings. The largest absolute Gasteiger partial charge is 0.339 e. The molecule has 1 aliphatic rings. The number of rotatable bonds is 3. The highest BCUT2D eigenvalue weighted by atomic mass is 16.2. The summed E-state index contributed by atoms with van der Waals surface area (Å²) in [5.74, 6) is 0.0967. The summed E-state index contributed by atoms with van der Waals surface area (Å²) in [5.41, 5.74) is 1.64. The summed E-state index contributed by atoms with van der Waals surface area (Å²) in [5, 5.41) is 11.3. The molecule has 0 unspecified atom stereocenters. The highest BCUT2D eigenvalue weighted by molar-refractivity contribution is 5.97. The third kappa shape index (κ3) is 2.78. The summed E-state index contributed by atoms with van der Waals surface area (Å²) in [7, 11) is 3.93. The van der Waals surface area contributed by atoms with E-state index in [2.05, 4.69) is 15.5 Å². The molecule has 0 aliphatic heterocycles. The standard InChI is InChI=1S/C16H22N4O/c1-17-13-5-7-14(8-6-13)20(2)16(21)11-3-4-12-10-18-19-15(12)9-11/h3-4,9-10,13-14,17H,5-8H2,1-2H3,(H,18,19). The molecule has 3 rings (SSSR count). The second-order valence-corrected chi connectivity index (χ2v) is 5.88. The monoisotopic (exact) mass is 286 g/mol. The van der Waals surface area contributed by atoms with Crippen molar-refractivity contribution in [3.05, 3.63) is 30.0 Å². The molecule has 1 fully saturated rings. The maximum absolute atomic E-state index is 12.6. The van der Waals surface area contributed by atoms with Gasteiger partial charge in [0, 0.05) is 30.1 Å². The summed E-state index contributed by atoms with van der Waals surface area (Å²) < 4.78 is 0. The zero-order chi connectivity index (χ0) is 14.8. The van der Waals surface area contributed by atoms with Gasteiger partial charge >= 0.3 is 0 Å². The Labute approximate surface area is 124 Å². The molecule has 0 spiro atoms. The van der Waals surface area contributed by atoms with Crippen molar-refractivity contribution in [1.29, 1.82) is 0 Å². The number of aromatic nitrogens is 2. The molecule has 5 nitrogen and oxygen atoms in total. The molecule has 1 saturated carbocycles. The van der Waals surface area contributed by atoms with E-state index in [9.17, 15) is 4.79 Å². The first kappa shape index (κ1) is 14.1. The van der Waals surface area contributed by atoms with E-state index in [0.717, 1.165) is 42.1 Å². The van der Waals surface area contributed by atoms with Crippen LogP contribution in [0.2, 0.25) is 0 Å². The Hall–Kier alpha value is -1.88. The van der Waals surface area contributed by atoms with E-state index >= 15 is 0 Å². The number of benzene rings is 1. The molecule has 1 heterocycles. The highest BCUT2D eigenvalue weighted by Crippen LogP contribution is 2.24. The van der Waals surface area contributed by atoms with Crippen LogP contribution in [0.25, 0.3) is 10.9 Å². The van der Waals surface area contributed by atoms with Gasteiger partial charge < -0.3 is 10.2 Å². The van der Waals surface area contributed by atoms with Crippen molar-refractivity contribution in [2.45, 2.75) is 37.8 Å². The van der Waals surface area contributed by atoms with Gasteiger partial charge in [-0.2, -0.15) is 5.10 Å². The number of nitrogens with zero attached hydrogens (tertiary/aromatic N) is 2. The van der Waals surface area contributed by atoms with Gasteiger partial charge in [0.05, 0.1) is 11.7 Å². The molecule has 5 heteroatoms. The summed E-state index contributed by atoms with van der Waals surface area (Å²) in [6.45, 7) is 0. The average Bonchev–Trinajstić information content (AvgIpc) is 3.01. The predicted octanol–water partition coefficient (Wildman–Crippen LogP) is 2.17. The Morgan fingerprint density at radius 2 is 2.10 bits per heavy atom. The van der Waals surface area contributed by atoms with Crippen LogP contribution in [0.4, 0.5) is 0 Å². The predicted molar refractivity (Wildman–Crippen MR) is 83.3 cm³/mol. The molecule has 0 radical (unpaired) electrons. The molecule has 21 heavy (non-hydrogen) atoms. The maximum Gasteiger partial charge on any atom is 0.253 e. The normalized spacial score (nSPS) is 22.4. The van der Waals surface area contributed by atoms with Gasteiger partial charge in [-0.25, -0.2) is 0 Å². The van der Waals surface area contributed by atoms with E-state index in [1.807, 2.05) is 37.2 Å². The number of H-pyrrole nitrogens is 1. The number of hydrogen-bond acceptors (Lipinski definition) is 3. The number of aromatic amines is 1. The number of fused-ring (bicyclic) bond motifs is 1. The quantitative estimate of drug-likeness (QED) is 0.909. The first-order chi connectivity index (χ1) is 10.2. The van der Waals surface area contributed by atoms with Crippen molar-refractivity contribution in [2.24, 2.45) is 0 Å². The summed E-state index contributed by atoms with van der Waals surface area (Å²) in [6, 6.07) is 6.67. The van der Waals surface area contributed by atoms with Gasteiger partial charge in [-0.15, -0.1) is 0 Å². The lowest BCUT2D eigenvalue weighted by molar-refractivity contribution is 0.0686. The van der Waals surface area contributed by atoms with Crippen LogP contribution in [0.3, 0.4) is 0 Å². The van der Waals surface area contributed by atoms with Crippen molar-refractivity contribution in [3.8, 4) is 0 Å². The van der Waals surface area contributed by atoms with Crippen molar-refractivity contribution in [3.63, 3.8) is 0 Å². The van der Waals surface area contributed by atoms with Crippen molar-refractivity contribution in [2.75, 3.05) is 14.1 Å². The van der Waals surface area contributed by atoms with Crippen molar-refractivity contribution < 1.29 is 4.79 Å². The molecule has 1 aliphatic carbocycles. The summed E-state index contributed by atoms with van der Waals surface area (Å²) >= 11 is 0. The minimum atomic E-state index is 0.0967. The van der Waals surface area contributed by atoms with Crippen LogP contribution < -0.4 is 5.32 Å². The van der Waals surface area contributed by atoms with Crippen LogP contribution in [0.1, 0.15) is 36.0 Å². The second kappa shape index (κ2) is 5.85. The van der Waals surface area contributed by atoms with Gasteiger partial charge in [0.2, 0.25) is 0 Å². The number of nitrogens with one attached hydrogen (secondary N) is 2. The maximum atomic E-state index is 12.6. The second-order valence-electron chi connectivity index (χ2n) is 5.88. The van der Waals surface area contributed by atoms with Crippen LogP contribution >= 0.6 is 0 Å². The fourth-order valence-corrected chi connectivity index (χ4v) is 3.19. The first-order valence-electron chi connectivity index (χ1n) is 7.56. The molecule has 1 amide bonds. The van der Waals surface area contributed by atoms with Gasteiger partial charge in [0.1, 0.15) is 0 Å². The molecule has 0 bridgehead atoms. The van der Waals surface area contributed by atoms with E-state index in [4.69, 9.17) is 0 Å². The Kier molecular flexibility index (Phi) is 3.92. The van der Waals surface area contributed by atoms with Crippen LogP contribution in [-0.4, -0.2) is 47.2 Å². The molecule has 2 N–H and O–H groups in total. The van der Waals surface area contributed by atoms with E-state index in [0.29, 0.717) is 12.1 Å².